The van der Waals surface area contributed by atoms with Crippen LogP contribution in [-0.4, -0.2) is 10.9 Å². The van der Waals surface area contributed by atoms with Gasteiger partial charge in [-0.3, -0.25) is 4.79 Å². The van der Waals surface area contributed by atoms with Gasteiger partial charge in [0.25, 0.3) is 5.91 Å². The number of carbonyl (C=O) groups is 1. The zero-order chi connectivity index (χ0) is 10.8. The van der Waals surface area contributed by atoms with Crippen molar-refractivity contribution in [2.75, 3.05) is 5.73 Å². The van der Waals surface area contributed by atoms with Crippen LogP contribution in [0.25, 0.3) is 11.3 Å². The number of hydrogen-bond donors (Lipinski definition) is 2. The van der Waals surface area contributed by atoms with Crippen molar-refractivity contribution in [1.82, 2.24) is 4.98 Å². The summed E-state index contributed by atoms with van der Waals surface area (Å²) in [5.74, 6) is -0.504. The molecular formula is C10H9N3OS. The molecule has 0 saturated carbocycles. The third-order valence-corrected chi connectivity index (χ3v) is 2.75. The molecule has 76 valence electrons. The van der Waals surface area contributed by atoms with Crippen molar-refractivity contribution in [3.8, 4) is 11.3 Å². The lowest BCUT2D eigenvalue weighted by atomic mass is 10.1. The lowest BCUT2D eigenvalue weighted by Crippen LogP contribution is -2.10. The Kier molecular flexibility index (Phi) is 2.39. The summed E-state index contributed by atoms with van der Waals surface area (Å²) < 4.78 is 0. The number of amides is 1. The predicted octanol–water partition coefficient (Wildman–Crippen LogP) is 1.49. The van der Waals surface area contributed by atoms with Crippen molar-refractivity contribution in [2.24, 2.45) is 5.73 Å². The van der Waals surface area contributed by atoms with E-state index in [-0.39, 0.29) is 0 Å². The smallest absolute Gasteiger partial charge is 0.277 e. The largest absolute Gasteiger partial charge is 0.399 e. The maximum absolute atomic E-state index is 10.9. The normalized spacial score (nSPS) is 10.1. The van der Waals surface area contributed by atoms with Gasteiger partial charge in [-0.15, -0.1) is 11.3 Å². The summed E-state index contributed by atoms with van der Waals surface area (Å²) in [7, 11) is 0. The Morgan fingerprint density at radius 2 is 2.20 bits per heavy atom. The van der Waals surface area contributed by atoms with Crippen LogP contribution in [0.5, 0.6) is 0 Å². The van der Waals surface area contributed by atoms with Gasteiger partial charge in [0.15, 0.2) is 5.01 Å². The molecule has 4 nitrogen and oxygen atoms in total. The first-order valence-corrected chi connectivity index (χ1v) is 5.16. The fraction of sp³-hybridized carbons (Fsp3) is 0. The third kappa shape index (κ3) is 1.97. The maximum Gasteiger partial charge on any atom is 0.277 e. The lowest BCUT2D eigenvalue weighted by molar-refractivity contribution is 0.1000. The standard InChI is InChI=1S/C10H9N3OS/c11-7-3-1-2-6(4-7)8-5-15-10(13-8)9(12)14/h1-5H,11H2,(H2,12,14). The molecular weight excluding hydrogens is 210 g/mol. The average molecular weight is 219 g/mol. The molecule has 1 amide bonds. The van der Waals surface area contributed by atoms with Crippen LogP contribution < -0.4 is 11.5 Å². The van der Waals surface area contributed by atoms with Crippen molar-refractivity contribution < 1.29 is 4.79 Å². The summed E-state index contributed by atoms with van der Waals surface area (Å²) in [6.45, 7) is 0. The van der Waals surface area contributed by atoms with E-state index in [0.29, 0.717) is 10.7 Å². The second-order valence-electron chi connectivity index (χ2n) is 3.03. The molecule has 0 bridgehead atoms. The van der Waals surface area contributed by atoms with E-state index in [1.54, 1.807) is 17.5 Å². The van der Waals surface area contributed by atoms with E-state index in [1.807, 2.05) is 12.1 Å². The van der Waals surface area contributed by atoms with Gasteiger partial charge in [-0.1, -0.05) is 12.1 Å². The predicted molar refractivity (Wildman–Crippen MR) is 60.5 cm³/mol. The molecule has 2 rings (SSSR count). The molecule has 5 heteroatoms. The van der Waals surface area contributed by atoms with Gasteiger partial charge in [0.1, 0.15) is 0 Å². The number of nitrogens with zero attached hydrogens (tertiary/aromatic N) is 1. The summed E-state index contributed by atoms with van der Waals surface area (Å²) in [6, 6.07) is 7.33. The van der Waals surface area contributed by atoms with Crippen molar-refractivity contribution >= 4 is 22.9 Å². The second kappa shape index (κ2) is 3.70. The van der Waals surface area contributed by atoms with Crippen LogP contribution in [0.4, 0.5) is 5.69 Å². The van der Waals surface area contributed by atoms with E-state index >= 15 is 0 Å². The summed E-state index contributed by atoms with van der Waals surface area (Å²) in [6.07, 6.45) is 0. The zero-order valence-corrected chi connectivity index (χ0v) is 8.62. The highest BCUT2D eigenvalue weighted by molar-refractivity contribution is 7.12. The Morgan fingerprint density at radius 3 is 2.80 bits per heavy atom. The van der Waals surface area contributed by atoms with Crippen LogP contribution in [0.2, 0.25) is 0 Å². The fourth-order valence-corrected chi connectivity index (χ4v) is 1.90. The van der Waals surface area contributed by atoms with Gasteiger partial charge in [0, 0.05) is 16.6 Å². The number of carbonyl (C=O) groups excluding carboxylic acids is 1. The lowest BCUT2D eigenvalue weighted by Gasteiger charge is -1.97. The average Bonchev–Trinajstić information content (AvgIpc) is 2.66. The van der Waals surface area contributed by atoms with Gasteiger partial charge in [0.05, 0.1) is 5.69 Å². The Bertz CT molecular complexity index is 507. The second-order valence-corrected chi connectivity index (χ2v) is 3.89. The van der Waals surface area contributed by atoms with Gasteiger partial charge < -0.3 is 11.5 Å². The molecule has 0 atom stereocenters. The van der Waals surface area contributed by atoms with E-state index in [0.717, 1.165) is 11.3 Å². The molecule has 2 aromatic rings. The molecule has 0 aliphatic heterocycles. The van der Waals surface area contributed by atoms with Crippen LogP contribution in [0.3, 0.4) is 0 Å². The number of thiazole rings is 1. The van der Waals surface area contributed by atoms with E-state index < -0.39 is 5.91 Å². The first-order valence-electron chi connectivity index (χ1n) is 4.28. The molecule has 0 aliphatic rings. The van der Waals surface area contributed by atoms with Crippen molar-refractivity contribution in [2.45, 2.75) is 0 Å². The number of benzene rings is 1. The third-order valence-electron chi connectivity index (χ3n) is 1.90. The molecule has 1 heterocycles. The van der Waals surface area contributed by atoms with Gasteiger partial charge in [-0.2, -0.15) is 0 Å². The Labute approximate surface area is 90.6 Å². The summed E-state index contributed by atoms with van der Waals surface area (Å²) in [5, 5.41) is 2.10. The molecule has 0 radical (unpaired) electrons. The minimum atomic E-state index is -0.504. The number of nitrogens with two attached hydrogens (primary N) is 2. The highest BCUT2D eigenvalue weighted by Crippen LogP contribution is 2.23. The van der Waals surface area contributed by atoms with E-state index in [2.05, 4.69) is 4.98 Å². The topological polar surface area (TPSA) is 82.0 Å². The van der Waals surface area contributed by atoms with E-state index in [9.17, 15) is 4.79 Å². The van der Waals surface area contributed by atoms with Crippen molar-refractivity contribution in [1.29, 1.82) is 0 Å². The van der Waals surface area contributed by atoms with Gasteiger partial charge in [-0.05, 0) is 12.1 Å². The Balaban J connectivity index is 2.41. The quantitative estimate of drug-likeness (QED) is 0.751. The minimum absolute atomic E-state index is 0.312. The molecule has 15 heavy (non-hydrogen) atoms. The van der Waals surface area contributed by atoms with E-state index in [4.69, 9.17) is 11.5 Å². The monoisotopic (exact) mass is 219 g/mol. The molecule has 0 spiro atoms. The molecule has 1 aromatic heterocycles. The van der Waals surface area contributed by atoms with Crippen LogP contribution in [0, 0.1) is 0 Å². The van der Waals surface area contributed by atoms with Gasteiger partial charge >= 0.3 is 0 Å². The number of nitrogen functional groups attached to an aromatic ring is 1. The van der Waals surface area contributed by atoms with Crippen LogP contribution in [-0.2, 0) is 0 Å². The Hall–Kier alpha value is -1.88. The highest BCUT2D eigenvalue weighted by atomic mass is 32.1. The molecule has 1 aromatic carbocycles. The number of hydrogen-bond acceptors (Lipinski definition) is 4. The van der Waals surface area contributed by atoms with Crippen LogP contribution >= 0.6 is 11.3 Å². The molecule has 0 fully saturated rings. The molecule has 0 saturated heterocycles. The molecule has 4 N–H and O–H groups in total. The number of anilines is 1. The van der Waals surface area contributed by atoms with Gasteiger partial charge in [0.2, 0.25) is 0 Å². The zero-order valence-electron chi connectivity index (χ0n) is 7.81. The number of aromatic nitrogens is 1. The van der Waals surface area contributed by atoms with E-state index in [1.165, 1.54) is 11.3 Å². The summed E-state index contributed by atoms with van der Waals surface area (Å²) >= 11 is 1.23. The maximum atomic E-state index is 10.9. The fourth-order valence-electron chi connectivity index (χ4n) is 1.22. The first-order chi connectivity index (χ1) is 7.16. The number of rotatable bonds is 2. The SMILES string of the molecule is NC(=O)c1nc(-c2cccc(N)c2)cs1. The van der Waals surface area contributed by atoms with Crippen molar-refractivity contribution in [3.05, 3.63) is 34.7 Å². The van der Waals surface area contributed by atoms with Crippen LogP contribution in [0.1, 0.15) is 9.80 Å². The minimum Gasteiger partial charge on any atom is -0.399 e. The molecule has 0 aliphatic carbocycles. The molecule has 0 unspecified atom stereocenters. The highest BCUT2D eigenvalue weighted by Gasteiger charge is 2.08. The summed E-state index contributed by atoms with van der Waals surface area (Å²) in [4.78, 5) is 15.0. The Morgan fingerprint density at radius 1 is 1.40 bits per heavy atom. The summed E-state index contributed by atoms with van der Waals surface area (Å²) in [5.41, 5.74) is 13.0. The van der Waals surface area contributed by atoms with Gasteiger partial charge in [-0.25, -0.2) is 4.98 Å². The van der Waals surface area contributed by atoms with Crippen LogP contribution in [0.15, 0.2) is 29.6 Å². The first kappa shape index (κ1) is 9.67. The number of primary amides is 1. The van der Waals surface area contributed by atoms with Crippen molar-refractivity contribution in [3.63, 3.8) is 0 Å².